The van der Waals surface area contributed by atoms with Crippen LogP contribution in [0, 0.1) is 5.39 Å². The van der Waals surface area contributed by atoms with Crippen LogP contribution in [0.5, 0.6) is 11.5 Å². The first kappa shape index (κ1) is 20.8. The van der Waals surface area contributed by atoms with Gasteiger partial charge in [-0.3, -0.25) is 4.79 Å². The second-order valence-corrected chi connectivity index (χ2v) is 8.10. The standard InChI is InChI=1S/C22H12N2O7S/c23-24-16-11-15(21(26)13-6-2-1-3-7-13)19(12-17(16)25)31-32(28,29)20-10-14-8-4-5-9-18(14)30-22(20)27/h1-12H. The molecule has 32 heavy (non-hydrogen) atoms. The summed E-state index contributed by atoms with van der Waals surface area (Å²) in [5.74, 6) is -2.21. The van der Waals surface area contributed by atoms with Crippen molar-refractivity contribution in [3.8, 4) is 11.5 Å². The Morgan fingerprint density at radius 1 is 1.00 bits per heavy atom. The smallest absolute Gasteiger partial charge is 0.378 e. The highest BCUT2D eigenvalue weighted by Crippen LogP contribution is 2.35. The minimum absolute atomic E-state index is 0.169. The number of diazo groups is 1. The van der Waals surface area contributed by atoms with Crippen molar-refractivity contribution >= 4 is 32.6 Å². The van der Waals surface area contributed by atoms with Crippen LogP contribution in [0.3, 0.4) is 0 Å². The number of ketones is 1. The fourth-order valence-corrected chi connectivity index (χ4v) is 3.98. The molecule has 0 aliphatic carbocycles. The third kappa shape index (κ3) is 3.80. The molecule has 0 saturated heterocycles. The summed E-state index contributed by atoms with van der Waals surface area (Å²) in [6, 6.07) is 16.7. The summed E-state index contributed by atoms with van der Waals surface area (Å²) in [7, 11) is -4.80. The van der Waals surface area contributed by atoms with Crippen LogP contribution < -0.4 is 14.9 Å². The first-order chi connectivity index (χ1) is 15.3. The van der Waals surface area contributed by atoms with E-state index in [2.05, 4.69) is 4.98 Å². The van der Waals surface area contributed by atoms with Gasteiger partial charge in [-0.2, -0.15) is 8.42 Å². The van der Waals surface area contributed by atoms with Crippen molar-refractivity contribution in [3.05, 3.63) is 99.3 Å². The molecule has 0 N–H and O–H groups in total. The summed E-state index contributed by atoms with van der Waals surface area (Å²) >= 11 is 0. The van der Waals surface area contributed by atoms with E-state index in [9.17, 15) is 23.1 Å². The van der Waals surface area contributed by atoms with Gasteiger partial charge in [0.25, 0.3) is 0 Å². The Morgan fingerprint density at radius 2 is 1.69 bits per heavy atom. The van der Waals surface area contributed by atoms with Crippen molar-refractivity contribution in [3.63, 3.8) is 0 Å². The highest BCUT2D eigenvalue weighted by Gasteiger charge is 2.28. The predicted octanol–water partition coefficient (Wildman–Crippen LogP) is 3.35. The largest absolute Gasteiger partial charge is 0.867 e. The van der Waals surface area contributed by atoms with Gasteiger partial charge in [0.05, 0.1) is 5.56 Å². The molecule has 9 nitrogen and oxygen atoms in total. The fourth-order valence-electron chi connectivity index (χ4n) is 3.00. The topological polar surface area (TPSA) is 142 Å². The van der Waals surface area contributed by atoms with Crippen LogP contribution >= 0.6 is 0 Å². The quantitative estimate of drug-likeness (QED) is 0.196. The maximum Gasteiger partial charge on any atom is 0.378 e. The van der Waals surface area contributed by atoms with Gasteiger partial charge in [0.1, 0.15) is 5.58 Å². The zero-order valence-electron chi connectivity index (χ0n) is 16.1. The number of hydrogen-bond acceptors (Lipinski definition) is 8. The molecule has 0 aliphatic rings. The van der Waals surface area contributed by atoms with Crippen LogP contribution in [0.2, 0.25) is 0 Å². The van der Waals surface area contributed by atoms with Crippen molar-refractivity contribution in [2.75, 3.05) is 0 Å². The number of hydrogen-bond donors (Lipinski definition) is 0. The van der Waals surface area contributed by atoms with E-state index in [1.54, 1.807) is 30.3 Å². The number of benzene rings is 3. The molecule has 0 spiro atoms. The summed E-state index contributed by atoms with van der Waals surface area (Å²) in [5.41, 5.74) is -1.67. The van der Waals surface area contributed by atoms with Gasteiger partial charge in [0, 0.05) is 17.0 Å². The molecule has 1 aromatic heterocycles. The van der Waals surface area contributed by atoms with Crippen molar-refractivity contribution in [1.29, 1.82) is 5.39 Å². The van der Waals surface area contributed by atoms with Crippen molar-refractivity contribution < 1.29 is 26.9 Å². The predicted molar refractivity (Wildman–Crippen MR) is 111 cm³/mol. The lowest BCUT2D eigenvalue weighted by molar-refractivity contribution is -0.267. The summed E-state index contributed by atoms with van der Waals surface area (Å²) in [6.45, 7) is 0. The van der Waals surface area contributed by atoms with E-state index < -0.39 is 43.6 Å². The fraction of sp³-hybridized carbons (Fsp3) is 0. The number of carbonyl (C=O) groups is 1. The van der Waals surface area contributed by atoms with Gasteiger partial charge >= 0.3 is 21.4 Å². The highest BCUT2D eigenvalue weighted by molar-refractivity contribution is 7.87. The second kappa shape index (κ2) is 7.98. The van der Waals surface area contributed by atoms with E-state index in [0.717, 1.165) is 12.1 Å². The molecule has 158 valence electrons. The molecule has 4 aromatic rings. The molecule has 0 bridgehead atoms. The van der Waals surface area contributed by atoms with Crippen LogP contribution in [-0.2, 0) is 10.1 Å². The normalized spacial score (nSPS) is 11.1. The average Bonchev–Trinajstić information content (AvgIpc) is 2.78. The van der Waals surface area contributed by atoms with Gasteiger partial charge in [-0.15, -0.1) is 0 Å². The van der Waals surface area contributed by atoms with Crippen LogP contribution in [0.25, 0.3) is 15.9 Å². The van der Waals surface area contributed by atoms with E-state index in [-0.39, 0.29) is 16.7 Å². The number of carbonyl (C=O) groups excluding carboxylic acids is 1. The van der Waals surface area contributed by atoms with Gasteiger partial charge < -0.3 is 13.7 Å². The number of rotatable bonds is 5. The van der Waals surface area contributed by atoms with Gasteiger partial charge in [-0.05, 0) is 23.9 Å². The lowest BCUT2D eigenvalue weighted by atomic mass is 10.0. The third-order valence-electron chi connectivity index (χ3n) is 4.53. The molecule has 0 atom stereocenters. The lowest BCUT2D eigenvalue weighted by Crippen LogP contribution is -2.20. The van der Waals surface area contributed by atoms with Crippen LogP contribution in [0.1, 0.15) is 15.9 Å². The zero-order valence-corrected chi connectivity index (χ0v) is 16.9. The molecule has 0 unspecified atom stereocenters. The van der Waals surface area contributed by atoms with E-state index in [0.29, 0.717) is 11.5 Å². The Hall–Kier alpha value is -4.49. The van der Waals surface area contributed by atoms with Crippen LogP contribution in [0.4, 0.5) is 5.69 Å². The van der Waals surface area contributed by atoms with Gasteiger partial charge in [0.15, 0.2) is 21.4 Å². The molecular formula is C22H12N2O7S. The SMILES string of the molecule is N#[N+]c1cc(C(=O)c2ccccc2)c(OS(=O)(=O)c2cc3ccccc3oc2=O)cc1[O-]. The summed E-state index contributed by atoms with van der Waals surface area (Å²) in [4.78, 5) is 27.2. The zero-order chi connectivity index (χ0) is 22.9. The van der Waals surface area contributed by atoms with Gasteiger partial charge in [-0.25, -0.2) is 4.79 Å². The Kier molecular flexibility index (Phi) is 5.18. The minimum atomic E-state index is -4.80. The number of nitrogens with zero attached hydrogens (tertiary/aromatic N) is 2. The molecule has 0 aliphatic heterocycles. The van der Waals surface area contributed by atoms with Gasteiger partial charge in [0.2, 0.25) is 5.39 Å². The Bertz CT molecular complexity index is 1570. The molecular weight excluding hydrogens is 436 g/mol. The third-order valence-corrected chi connectivity index (χ3v) is 5.75. The van der Waals surface area contributed by atoms with E-state index >= 15 is 0 Å². The summed E-state index contributed by atoms with van der Waals surface area (Å²) in [6.07, 6.45) is 0. The van der Waals surface area contributed by atoms with Crippen molar-refractivity contribution in [2.45, 2.75) is 4.90 Å². The molecule has 0 radical (unpaired) electrons. The molecule has 4 rings (SSSR count). The van der Waals surface area contributed by atoms with Crippen LogP contribution in [-0.4, -0.2) is 14.2 Å². The average molecular weight is 448 g/mol. The number of para-hydroxylation sites is 1. The van der Waals surface area contributed by atoms with E-state index in [1.807, 2.05) is 0 Å². The van der Waals surface area contributed by atoms with E-state index in [1.165, 1.54) is 24.3 Å². The van der Waals surface area contributed by atoms with Crippen LogP contribution in [0.15, 0.2) is 86.9 Å². The molecule has 3 aromatic carbocycles. The van der Waals surface area contributed by atoms with Crippen molar-refractivity contribution in [2.24, 2.45) is 0 Å². The van der Waals surface area contributed by atoms with Gasteiger partial charge in [-0.1, -0.05) is 48.5 Å². The first-order valence-electron chi connectivity index (χ1n) is 9.07. The van der Waals surface area contributed by atoms with E-state index in [4.69, 9.17) is 14.0 Å². The monoisotopic (exact) mass is 448 g/mol. The molecule has 1 heterocycles. The Balaban J connectivity index is 1.84. The molecule has 0 fully saturated rings. The number of fused-ring (bicyclic) bond motifs is 1. The molecule has 10 heteroatoms. The highest BCUT2D eigenvalue weighted by atomic mass is 32.2. The molecule has 0 saturated carbocycles. The summed E-state index contributed by atoms with van der Waals surface area (Å²) < 4.78 is 35.8. The first-order valence-corrected chi connectivity index (χ1v) is 10.5. The molecule has 0 amide bonds. The Morgan fingerprint density at radius 3 is 2.41 bits per heavy atom. The van der Waals surface area contributed by atoms with Crippen molar-refractivity contribution in [1.82, 2.24) is 0 Å². The Labute approximate surface area is 180 Å². The maximum atomic E-state index is 12.9. The lowest BCUT2D eigenvalue weighted by Gasteiger charge is -2.13. The summed E-state index contributed by atoms with van der Waals surface area (Å²) in [5, 5.41) is 21.5. The minimum Gasteiger partial charge on any atom is -0.867 e. The second-order valence-electron chi connectivity index (χ2n) is 6.58. The maximum absolute atomic E-state index is 12.9.